The molecule has 1 heterocycles. The normalized spacial score (nSPS) is 16.6. The van der Waals surface area contributed by atoms with Crippen LogP contribution in [-0.2, 0) is 9.59 Å². The van der Waals surface area contributed by atoms with Crippen molar-refractivity contribution < 1.29 is 33.6 Å². The Morgan fingerprint density at radius 3 is 2.08 bits per heavy atom. The molecule has 198 valence electrons. The molecular weight excluding hydrogens is 486 g/mol. The second-order valence-corrected chi connectivity index (χ2v) is 9.16. The average molecular weight is 518 g/mol. The number of methoxy groups -OCH3 is 3. The molecule has 3 aromatic carbocycles. The van der Waals surface area contributed by atoms with Crippen LogP contribution >= 0.6 is 0 Å². The fourth-order valence-corrected chi connectivity index (χ4v) is 4.52. The van der Waals surface area contributed by atoms with Crippen LogP contribution in [0, 0.1) is 6.92 Å². The van der Waals surface area contributed by atoms with Gasteiger partial charge in [-0.1, -0.05) is 29.8 Å². The molecule has 4 rings (SSSR count). The summed E-state index contributed by atoms with van der Waals surface area (Å²) in [5.74, 6) is -0.287. The topological polar surface area (TPSA) is 94.5 Å². The predicted octanol–water partition coefficient (Wildman–Crippen LogP) is 5.43. The smallest absolute Gasteiger partial charge is 0.300 e. The van der Waals surface area contributed by atoms with Crippen molar-refractivity contribution in [1.82, 2.24) is 0 Å². The quantitative estimate of drug-likeness (QED) is 0.242. The monoisotopic (exact) mass is 517 g/mol. The Bertz CT molecular complexity index is 1370. The second-order valence-electron chi connectivity index (χ2n) is 9.16. The molecule has 1 amide bonds. The van der Waals surface area contributed by atoms with Crippen LogP contribution in [0.1, 0.15) is 36.6 Å². The zero-order valence-electron chi connectivity index (χ0n) is 22.3. The molecule has 1 fully saturated rings. The highest BCUT2D eigenvalue weighted by Crippen LogP contribution is 2.47. The van der Waals surface area contributed by atoms with Crippen molar-refractivity contribution in [1.29, 1.82) is 0 Å². The van der Waals surface area contributed by atoms with Gasteiger partial charge in [-0.05, 0) is 62.7 Å². The van der Waals surface area contributed by atoms with Crippen molar-refractivity contribution >= 4 is 23.1 Å². The molecule has 1 aliphatic rings. The number of carbonyl (C=O) groups excluding carboxylic acids is 2. The zero-order valence-corrected chi connectivity index (χ0v) is 22.3. The van der Waals surface area contributed by atoms with E-state index in [0.29, 0.717) is 39.8 Å². The number of aliphatic hydroxyl groups is 1. The van der Waals surface area contributed by atoms with E-state index < -0.39 is 17.7 Å². The SMILES string of the molecule is COc1cc(C2/C(=C(\O)c3cccc(OC(C)C)c3)C(=O)C(=O)N2c2ccc(C)cc2)cc(OC)c1OC. The van der Waals surface area contributed by atoms with Crippen LogP contribution < -0.4 is 23.8 Å². The van der Waals surface area contributed by atoms with Crippen molar-refractivity contribution in [2.24, 2.45) is 0 Å². The van der Waals surface area contributed by atoms with E-state index in [2.05, 4.69) is 0 Å². The van der Waals surface area contributed by atoms with E-state index in [1.807, 2.05) is 32.9 Å². The lowest BCUT2D eigenvalue weighted by Gasteiger charge is -2.26. The minimum Gasteiger partial charge on any atom is -0.507 e. The van der Waals surface area contributed by atoms with Gasteiger partial charge in [0.1, 0.15) is 11.5 Å². The van der Waals surface area contributed by atoms with Gasteiger partial charge in [0, 0.05) is 11.3 Å². The summed E-state index contributed by atoms with van der Waals surface area (Å²) >= 11 is 0. The van der Waals surface area contributed by atoms with Gasteiger partial charge < -0.3 is 24.1 Å². The Kier molecular flexibility index (Phi) is 7.62. The van der Waals surface area contributed by atoms with Crippen molar-refractivity contribution in [3.63, 3.8) is 0 Å². The number of ether oxygens (including phenoxy) is 4. The first kappa shape index (κ1) is 26.6. The number of aryl methyl sites for hydroxylation is 1. The van der Waals surface area contributed by atoms with Crippen LogP contribution in [0.25, 0.3) is 5.76 Å². The number of nitrogens with zero attached hydrogens (tertiary/aromatic N) is 1. The van der Waals surface area contributed by atoms with Crippen LogP contribution in [0.4, 0.5) is 5.69 Å². The van der Waals surface area contributed by atoms with Crippen LogP contribution in [0.3, 0.4) is 0 Å². The number of hydrogen-bond donors (Lipinski definition) is 1. The molecular formula is C30H31NO7. The number of amides is 1. The van der Waals surface area contributed by atoms with E-state index in [9.17, 15) is 14.7 Å². The highest BCUT2D eigenvalue weighted by Gasteiger charge is 2.47. The summed E-state index contributed by atoms with van der Waals surface area (Å²) in [6.07, 6.45) is -0.0845. The molecule has 3 aromatic rings. The van der Waals surface area contributed by atoms with E-state index >= 15 is 0 Å². The van der Waals surface area contributed by atoms with Crippen LogP contribution in [0.15, 0.2) is 66.2 Å². The minimum absolute atomic E-state index is 0.0634. The van der Waals surface area contributed by atoms with E-state index in [1.54, 1.807) is 48.5 Å². The Morgan fingerprint density at radius 2 is 1.53 bits per heavy atom. The van der Waals surface area contributed by atoms with Gasteiger partial charge in [0.2, 0.25) is 5.75 Å². The third-order valence-corrected chi connectivity index (χ3v) is 6.24. The highest BCUT2D eigenvalue weighted by molar-refractivity contribution is 6.51. The van der Waals surface area contributed by atoms with Gasteiger partial charge >= 0.3 is 0 Å². The number of benzene rings is 3. The minimum atomic E-state index is -0.971. The van der Waals surface area contributed by atoms with Crippen molar-refractivity contribution in [3.8, 4) is 23.0 Å². The molecule has 0 spiro atoms. The Labute approximate surface area is 222 Å². The Balaban J connectivity index is 1.98. The summed E-state index contributed by atoms with van der Waals surface area (Å²) in [4.78, 5) is 28.4. The first-order valence-electron chi connectivity index (χ1n) is 12.1. The maximum absolute atomic E-state index is 13.5. The molecule has 0 aromatic heterocycles. The molecule has 1 atom stereocenters. The first-order valence-corrected chi connectivity index (χ1v) is 12.1. The first-order chi connectivity index (χ1) is 18.2. The number of ketones is 1. The lowest BCUT2D eigenvalue weighted by atomic mass is 9.94. The zero-order chi connectivity index (χ0) is 27.6. The third-order valence-electron chi connectivity index (χ3n) is 6.24. The Morgan fingerprint density at radius 1 is 0.895 bits per heavy atom. The fourth-order valence-electron chi connectivity index (χ4n) is 4.52. The van der Waals surface area contributed by atoms with Gasteiger partial charge in [-0.3, -0.25) is 14.5 Å². The summed E-state index contributed by atoms with van der Waals surface area (Å²) in [6, 6.07) is 16.4. The van der Waals surface area contributed by atoms with E-state index in [-0.39, 0.29) is 17.4 Å². The summed E-state index contributed by atoms with van der Waals surface area (Å²) in [5.41, 5.74) is 2.29. The summed E-state index contributed by atoms with van der Waals surface area (Å²) < 4.78 is 22.3. The van der Waals surface area contributed by atoms with Crippen molar-refractivity contribution in [2.45, 2.75) is 32.9 Å². The van der Waals surface area contributed by atoms with E-state index in [4.69, 9.17) is 18.9 Å². The number of hydrogen-bond acceptors (Lipinski definition) is 7. The molecule has 1 aliphatic heterocycles. The highest BCUT2D eigenvalue weighted by atomic mass is 16.5. The fraction of sp³-hybridized carbons (Fsp3) is 0.267. The van der Waals surface area contributed by atoms with Gasteiger partial charge in [-0.15, -0.1) is 0 Å². The molecule has 1 saturated heterocycles. The molecule has 0 bridgehead atoms. The number of anilines is 1. The average Bonchev–Trinajstić information content (AvgIpc) is 3.17. The summed E-state index contributed by atoms with van der Waals surface area (Å²) in [7, 11) is 4.46. The molecule has 1 unspecified atom stereocenters. The van der Waals surface area contributed by atoms with Crippen LogP contribution in [0.5, 0.6) is 23.0 Å². The summed E-state index contributed by atoms with van der Waals surface area (Å²) in [5, 5.41) is 11.5. The van der Waals surface area contributed by atoms with Crippen LogP contribution in [-0.4, -0.2) is 44.2 Å². The van der Waals surface area contributed by atoms with Crippen molar-refractivity contribution in [2.75, 3.05) is 26.2 Å². The number of rotatable bonds is 8. The van der Waals surface area contributed by atoms with E-state index in [0.717, 1.165) is 5.56 Å². The Hall–Kier alpha value is -4.46. The standard InChI is InChI=1S/C30H31NO7/c1-17(2)38-22-9-7-8-19(14-22)27(32)25-26(20-15-23(35-4)29(37-6)24(16-20)36-5)31(30(34)28(25)33)21-12-10-18(3)11-13-21/h7-17,26,32H,1-6H3/b27-25+. The third kappa shape index (κ3) is 4.89. The van der Waals surface area contributed by atoms with Gasteiger partial charge in [0.05, 0.1) is 39.0 Å². The molecule has 1 N–H and O–H groups in total. The van der Waals surface area contributed by atoms with Gasteiger partial charge in [-0.2, -0.15) is 0 Å². The molecule has 0 radical (unpaired) electrons. The molecule has 38 heavy (non-hydrogen) atoms. The predicted molar refractivity (Wildman–Crippen MR) is 144 cm³/mol. The largest absolute Gasteiger partial charge is 0.507 e. The maximum atomic E-state index is 13.5. The number of carbonyl (C=O) groups is 2. The number of aliphatic hydroxyl groups excluding tert-OH is 1. The van der Waals surface area contributed by atoms with E-state index in [1.165, 1.54) is 26.2 Å². The molecule has 0 aliphatic carbocycles. The van der Waals surface area contributed by atoms with Gasteiger partial charge in [0.25, 0.3) is 11.7 Å². The molecule has 8 heteroatoms. The second kappa shape index (κ2) is 10.9. The lowest BCUT2D eigenvalue weighted by molar-refractivity contribution is -0.132. The lowest BCUT2D eigenvalue weighted by Crippen LogP contribution is -2.29. The van der Waals surface area contributed by atoms with Crippen molar-refractivity contribution in [3.05, 3.63) is 82.9 Å². The van der Waals surface area contributed by atoms with Gasteiger partial charge in [-0.25, -0.2) is 0 Å². The number of Topliss-reactive ketones (excluding diaryl/α,β-unsaturated/α-hetero) is 1. The van der Waals surface area contributed by atoms with Gasteiger partial charge in [0.15, 0.2) is 11.5 Å². The van der Waals surface area contributed by atoms with Crippen LogP contribution in [0.2, 0.25) is 0 Å². The summed E-state index contributed by atoms with van der Waals surface area (Å²) in [6.45, 7) is 5.72. The maximum Gasteiger partial charge on any atom is 0.300 e. The molecule has 8 nitrogen and oxygen atoms in total. The molecule has 0 saturated carbocycles.